The Labute approximate surface area is 161 Å². The van der Waals surface area contributed by atoms with Crippen molar-refractivity contribution >= 4 is 10.0 Å². The molecule has 0 aromatic heterocycles. The molecular formula is C21H25N3O2S. The summed E-state index contributed by atoms with van der Waals surface area (Å²) in [6, 6.07) is 19.0. The summed E-state index contributed by atoms with van der Waals surface area (Å²) in [5, 5.41) is 9.26. The molecule has 1 aliphatic rings. The molecule has 1 saturated heterocycles. The van der Waals surface area contributed by atoms with Crippen molar-refractivity contribution in [1.82, 2.24) is 9.21 Å². The molecule has 1 heterocycles. The lowest BCUT2D eigenvalue weighted by atomic mass is 10.1. The zero-order valence-electron chi connectivity index (χ0n) is 15.7. The summed E-state index contributed by atoms with van der Waals surface area (Å²) in [4.78, 5) is 2.47. The third-order valence-corrected chi connectivity index (χ3v) is 7.08. The van der Waals surface area contributed by atoms with Crippen LogP contribution in [0.3, 0.4) is 0 Å². The maximum absolute atomic E-state index is 13.1. The summed E-state index contributed by atoms with van der Waals surface area (Å²) in [5.41, 5.74) is 1.49. The molecule has 1 fully saturated rings. The number of benzene rings is 2. The monoisotopic (exact) mass is 383 g/mol. The van der Waals surface area contributed by atoms with Crippen LogP contribution in [0.15, 0.2) is 59.5 Å². The van der Waals surface area contributed by atoms with Gasteiger partial charge in [-0.3, -0.25) is 4.90 Å². The van der Waals surface area contributed by atoms with E-state index in [4.69, 9.17) is 0 Å². The number of sulfonamides is 1. The van der Waals surface area contributed by atoms with Gasteiger partial charge in [0.15, 0.2) is 0 Å². The van der Waals surface area contributed by atoms with Crippen LogP contribution in [0.1, 0.15) is 25.0 Å². The van der Waals surface area contributed by atoms with E-state index >= 15 is 0 Å². The second kappa shape index (κ2) is 8.22. The van der Waals surface area contributed by atoms with Gasteiger partial charge < -0.3 is 0 Å². The maximum atomic E-state index is 13.1. The average molecular weight is 384 g/mol. The Hall–Kier alpha value is -2.20. The summed E-state index contributed by atoms with van der Waals surface area (Å²) in [6.45, 7) is 5.90. The van der Waals surface area contributed by atoms with Crippen molar-refractivity contribution in [3.8, 4) is 6.07 Å². The van der Waals surface area contributed by atoms with Crippen LogP contribution in [-0.4, -0.2) is 49.3 Å². The Morgan fingerprint density at radius 2 is 1.59 bits per heavy atom. The standard InChI is InChI=1S/C21H25N3O2S/c1-17-15-23(27(25,26)21-11-7-6-10-20(21)14-22)16-18(2)24(17)13-12-19-8-4-3-5-9-19/h3-11,17-18H,12-13,15-16H2,1-2H3. The quantitative estimate of drug-likeness (QED) is 0.796. The smallest absolute Gasteiger partial charge is 0.244 e. The molecule has 2 unspecified atom stereocenters. The summed E-state index contributed by atoms with van der Waals surface area (Å²) < 4.78 is 27.7. The fraction of sp³-hybridized carbons (Fsp3) is 0.381. The van der Waals surface area contributed by atoms with Crippen molar-refractivity contribution in [1.29, 1.82) is 5.26 Å². The Bertz CT molecular complexity index is 910. The maximum Gasteiger partial charge on any atom is 0.244 e. The van der Waals surface area contributed by atoms with Crippen molar-refractivity contribution < 1.29 is 8.42 Å². The molecule has 2 aromatic rings. The Balaban J connectivity index is 1.73. The van der Waals surface area contributed by atoms with Crippen molar-refractivity contribution in [2.75, 3.05) is 19.6 Å². The highest BCUT2D eigenvalue weighted by molar-refractivity contribution is 7.89. The Kier molecular flexibility index (Phi) is 5.95. The molecule has 142 valence electrons. The molecule has 3 rings (SSSR count). The first-order valence-electron chi connectivity index (χ1n) is 9.22. The van der Waals surface area contributed by atoms with Crippen LogP contribution < -0.4 is 0 Å². The average Bonchev–Trinajstić information content (AvgIpc) is 2.68. The van der Waals surface area contributed by atoms with Gasteiger partial charge in [-0.25, -0.2) is 8.42 Å². The van der Waals surface area contributed by atoms with E-state index in [1.54, 1.807) is 18.2 Å². The molecule has 0 amide bonds. The highest BCUT2D eigenvalue weighted by atomic mass is 32.2. The van der Waals surface area contributed by atoms with Gasteiger partial charge in [0.25, 0.3) is 0 Å². The number of rotatable bonds is 5. The van der Waals surface area contributed by atoms with Gasteiger partial charge >= 0.3 is 0 Å². The molecule has 0 bridgehead atoms. The minimum absolute atomic E-state index is 0.102. The van der Waals surface area contributed by atoms with E-state index < -0.39 is 10.0 Å². The van der Waals surface area contributed by atoms with Crippen LogP contribution in [0.5, 0.6) is 0 Å². The molecule has 0 aliphatic carbocycles. The predicted molar refractivity (Wildman–Crippen MR) is 106 cm³/mol. The fourth-order valence-electron chi connectivity index (χ4n) is 3.77. The summed E-state index contributed by atoms with van der Waals surface area (Å²) in [6.07, 6.45) is 0.944. The number of nitrogens with zero attached hydrogens (tertiary/aromatic N) is 3. The normalized spacial score (nSPS) is 21.7. The van der Waals surface area contributed by atoms with E-state index in [-0.39, 0.29) is 22.5 Å². The molecular weight excluding hydrogens is 358 g/mol. The van der Waals surface area contributed by atoms with Gasteiger partial charge in [-0.05, 0) is 38.0 Å². The molecule has 0 radical (unpaired) electrons. The van der Waals surface area contributed by atoms with Crippen molar-refractivity contribution in [3.05, 3.63) is 65.7 Å². The third-order valence-electron chi connectivity index (χ3n) is 5.19. The Morgan fingerprint density at radius 3 is 2.22 bits per heavy atom. The molecule has 0 spiro atoms. The van der Waals surface area contributed by atoms with Crippen molar-refractivity contribution in [2.24, 2.45) is 0 Å². The summed E-state index contributed by atoms with van der Waals surface area (Å²) >= 11 is 0. The van der Waals surface area contributed by atoms with E-state index in [1.165, 1.54) is 15.9 Å². The van der Waals surface area contributed by atoms with Crippen molar-refractivity contribution in [3.63, 3.8) is 0 Å². The first-order chi connectivity index (χ1) is 12.9. The van der Waals surface area contributed by atoms with Gasteiger partial charge in [0, 0.05) is 31.7 Å². The van der Waals surface area contributed by atoms with Gasteiger partial charge in [0.05, 0.1) is 10.5 Å². The zero-order valence-corrected chi connectivity index (χ0v) is 16.6. The predicted octanol–water partition coefficient (Wildman–Crippen LogP) is 2.88. The lowest BCUT2D eigenvalue weighted by Crippen LogP contribution is -2.58. The Morgan fingerprint density at radius 1 is 1.00 bits per heavy atom. The topological polar surface area (TPSA) is 64.4 Å². The molecule has 2 atom stereocenters. The highest BCUT2D eigenvalue weighted by Crippen LogP contribution is 2.25. The SMILES string of the molecule is CC1CN(S(=O)(=O)c2ccccc2C#N)CC(C)N1CCc1ccccc1. The van der Waals surface area contributed by atoms with E-state index in [0.29, 0.717) is 13.1 Å². The van der Waals surface area contributed by atoms with Crippen molar-refractivity contribution in [2.45, 2.75) is 37.2 Å². The van der Waals surface area contributed by atoms with Gasteiger partial charge in [-0.2, -0.15) is 9.57 Å². The summed E-state index contributed by atoms with van der Waals surface area (Å²) in [7, 11) is -3.68. The van der Waals surface area contributed by atoms with Gasteiger partial charge in [-0.15, -0.1) is 0 Å². The minimum atomic E-state index is -3.68. The number of nitriles is 1. The van der Waals surface area contributed by atoms with E-state index in [2.05, 4.69) is 30.9 Å². The van der Waals surface area contributed by atoms with Gasteiger partial charge in [0.1, 0.15) is 6.07 Å². The van der Waals surface area contributed by atoms with Crippen LogP contribution in [0, 0.1) is 11.3 Å². The van der Waals surface area contributed by atoms with Crippen LogP contribution in [-0.2, 0) is 16.4 Å². The molecule has 27 heavy (non-hydrogen) atoms. The largest absolute Gasteiger partial charge is 0.295 e. The lowest BCUT2D eigenvalue weighted by Gasteiger charge is -2.43. The second-order valence-electron chi connectivity index (χ2n) is 7.10. The minimum Gasteiger partial charge on any atom is -0.295 e. The first kappa shape index (κ1) is 19.6. The van der Waals surface area contributed by atoms with E-state index in [9.17, 15) is 13.7 Å². The molecule has 5 nitrogen and oxygen atoms in total. The zero-order chi connectivity index (χ0) is 19.4. The van der Waals surface area contributed by atoms with Crippen LogP contribution in [0.25, 0.3) is 0 Å². The van der Waals surface area contributed by atoms with Crippen LogP contribution in [0.4, 0.5) is 0 Å². The highest BCUT2D eigenvalue weighted by Gasteiger charge is 2.36. The number of hydrogen-bond donors (Lipinski definition) is 0. The lowest BCUT2D eigenvalue weighted by molar-refractivity contribution is 0.0784. The molecule has 0 N–H and O–H groups in total. The van der Waals surface area contributed by atoms with E-state index in [0.717, 1.165) is 13.0 Å². The van der Waals surface area contributed by atoms with Crippen LogP contribution >= 0.6 is 0 Å². The van der Waals surface area contributed by atoms with Gasteiger partial charge in [-0.1, -0.05) is 42.5 Å². The first-order valence-corrected chi connectivity index (χ1v) is 10.7. The molecule has 0 saturated carbocycles. The van der Waals surface area contributed by atoms with Gasteiger partial charge in [0.2, 0.25) is 10.0 Å². The second-order valence-corrected chi connectivity index (χ2v) is 9.01. The molecule has 2 aromatic carbocycles. The number of piperazine rings is 1. The number of hydrogen-bond acceptors (Lipinski definition) is 4. The van der Waals surface area contributed by atoms with E-state index in [1.807, 2.05) is 24.3 Å². The molecule has 1 aliphatic heterocycles. The fourth-order valence-corrected chi connectivity index (χ4v) is 5.52. The molecule has 6 heteroatoms. The third kappa shape index (κ3) is 4.22. The van der Waals surface area contributed by atoms with Crippen LogP contribution in [0.2, 0.25) is 0 Å². The summed E-state index contributed by atoms with van der Waals surface area (Å²) in [5.74, 6) is 0.